The van der Waals surface area contributed by atoms with Crippen molar-refractivity contribution >= 4 is 37.4 Å². The van der Waals surface area contributed by atoms with Gasteiger partial charge in [-0.3, -0.25) is 0 Å². The van der Waals surface area contributed by atoms with Crippen molar-refractivity contribution in [3.8, 4) is 0 Å². The molecule has 1 aliphatic heterocycles. The lowest BCUT2D eigenvalue weighted by molar-refractivity contribution is 0.0698. The number of carboxylic acid groups (broad SMARTS) is 1. The number of sulfonamides is 1. The van der Waals surface area contributed by atoms with Gasteiger partial charge >= 0.3 is 5.97 Å². The van der Waals surface area contributed by atoms with Crippen LogP contribution in [0.5, 0.6) is 0 Å². The van der Waals surface area contributed by atoms with Gasteiger partial charge in [0.15, 0.2) is 0 Å². The van der Waals surface area contributed by atoms with Crippen LogP contribution < -0.4 is 0 Å². The molecule has 2 heterocycles. The van der Waals surface area contributed by atoms with Crippen molar-refractivity contribution in [3.63, 3.8) is 0 Å². The van der Waals surface area contributed by atoms with E-state index in [4.69, 9.17) is 0 Å². The first kappa shape index (κ1) is 14.5. The van der Waals surface area contributed by atoms with Gasteiger partial charge in [0, 0.05) is 23.2 Å². The second kappa shape index (κ2) is 5.40. The quantitative estimate of drug-likeness (QED) is 0.941. The second-order valence-corrected chi connectivity index (χ2v) is 7.95. The Kier molecular flexibility index (Phi) is 3.73. The third-order valence-electron chi connectivity index (χ3n) is 3.66. The third kappa shape index (κ3) is 2.45. The Morgan fingerprint density at radius 1 is 1.14 bits per heavy atom. The van der Waals surface area contributed by atoms with Gasteiger partial charge in [-0.15, -0.1) is 11.3 Å². The van der Waals surface area contributed by atoms with E-state index in [1.165, 1.54) is 4.31 Å². The molecule has 1 aromatic heterocycles. The van der Waals surface area contributed by atoms with E-state index in [-0.39, 0.29) is 9.77 Å². The van der Waals surface area contributed by atoms with E-state index >= 15 is 0 Å². The molecule has 1 fully saturated rings. The van der Waals surface area contributed by atoms with Gasteiger partial charge in [-0.1, -0.05) is 24.6 Å². The summed E-state index contributed by atoms with van der Waals surface area (Å²) in [6.45, 7) is 0.928. The van der Waals surface area contributed by atoms with Crippen molar-refractivity contribution in [2.75, 3.05) is 13.1 Å². The van der Waals surface area contributed by atoms with E-state index in [1.807, 2.05) is 0 Å². The summed E-state index contributed by atoms with van der Waals surface area (Å²) in [5.41, 5.74) is 0. The van der Waals surface area contributed by atoms with E-state index in [0.717, 1.165) is 30.6 Å². The summed E-state index contributed by atoms with van der Waals surface area (Å²) in [5.74, 6) is -1.19. The molecule has 0 atom stereocenters. The predicted molar refractivity (Wildman–Crippen MR) is 81.4 cm³/mol. The van der Waals surface area contributed by atoms with Gasteiger partial charge in [-0.2, -0.15) is 4.31 Å². The summed E-state index contributed by atoms with van der Waals surface area (Å²) in [5, 5.41) is 9.86. The molecule has 1 N–H and O–H groups in total. The zero-order valence-electron chi connectivity index (χ0n) is 11.3. The predicted octanol–water partition coefficient (Wildman–Crippen LogP) is 2.77. The Hall–Kier alpha value is -1.44. The second-order valence-electron chi connectivity index (χ2n) is 5.03. The summed E-state index contributed by atoms with van der Waals surface area (Å²) in [7, 11) is -3.76. The van der Waals surface area contributed by atoms with Crippen LogP contribution in [0, 0.1) is 0 Å². The van der Waals surface area contributed by atoms with E-state index in [0.29, 0.717) is 23.2 Å². The molecule has 0 bridgehead atoms. The van der Waals surface area contributed by atoms with Crippen LogP contribution >= 0.6 is 11.3 Å². The van der Waals surface area contributed by atoms with Crippen LogP contribution in [0.4, 0.5) is 0 Å². The number of carbonyl (C=O) groups is 1. The smallest absolute Gasteiger partial charge is 0.347 e. The number of thiophene rings is 1. The van der Waals surface area contributed by atoms with E-state index in [1.54, 1.807) is 24.3 Å². The summed E-state index contributed by atoms with van der Waals surface area (Å²) < 4.78 is 27.8. The molecule has 7 heteroatoms. The van der Waals surface area contributed by atoms with Crippen molar-refractivity contribution in [2.45, 2.75) is 24.2 Å². The molecule has 0 aliphatic carbocycles. The van der Waals surface area contributed by atoms with Crippen molar-refractivity contribution in [1.29, 1.82) is 0 Å². The molecule has 5 nitrogen and oxygen atoms in total. The van der Waals surface area contributed by atoms with Crippen LogP contribution in [0.15, 0.2) is 29.2 Å². The molecule has 21 heavy (non-hydrogen) atoms. The Balaban J connectivity index is 2.22. The molecule has 0 amide bonds. The molecule has 1 saturated heterocycles. The maximum atomic E-state index is 12.9. The fraction of sp³-hybridized carbons (Fsp3) is 0.357. The molecule has 0 radical (unpaired) electrons. The highest BCUT2D eigenvalue weighted by Gasteiger charge is 2.33. The highest BCUT2D eigenvalue weighted by molar-refractivity contribution is 7.89. The standard InChI is InChI=1S/C14H15NO4S2/c16-14(17)12-13(10-6-2-3-7-11(10)20-12)21(18,19)15-8-4-1-5-9-15/h2-3,6-7H,1,4-5,8-9H2,(H,16,17). The molecule has 3 rings (SSSR count). The van der Waals surface area contributed by atoms with Crippen LogP contribution in [0.1, 0.15) is 28.9 Å². The number of nitrogens with zero attached hydrogens (tertiary/aromatic N) is 1. The zero-order valence-corrected chi connectivity index (χ0v) is 12.9. The highest BCUT2D eigenvalue weighted by atomic mass is 32.2. The largest absolute Gasteiger partial charge is 0.477 e. The highest BCUT2D eigenvalue weighted by Crippen LogP contribution is 2.36. The number of rotatable bonds is 3. The molecular weight excluding hydrogens is 310 g/mol. The van der Waals surface area contributed by atoms with Crippen LogP contribution in [0.25, 0.3) is 10.1 Å². The molecule has 0 unspecified atom stereocenters. The Morgan fingerprint density at radius 2 is 1.81 bits per heavy atom. The lowest BCUT2D eigenvalue weighted by atomic mass is 10.2. The van der Waals surface area contributed by atoms with Crippen LogP contribution in [0.2, 0.25) is 0 Å². The lowest BCUT2D eigenvalue weighted by Gasteiger charge is -2.25. The molecule has 1 aromatic carbocycles. The summed E-state index contributed by atoms with van der Waals surface area (Å²) in [6, 6.07) is 6.94. The molecule has 1 aliphatic rings. The minimum absolute atomic E-state index is 0.0440. The first-order valence-electron chi connectivity index (χ1n) is 6.77. The minimum atomic E-state index is -3.76. The van der Waals surface area contributed by atoms with Gasteiger partial charge in [-0.05, 0) is 18.9 Å². The van der Waals surface area contributed by atoms with Crippen molar-refractivity contribution in [1.82, 2.24) is 4.31 Å². The number of piperidine rings is 1. The molecular formula is C14H15NO4S2. The van der Waals surface area contributed by atoms with Gasteiger partial charge in [0.05, 0.1) is 0 Å². The van der Waals surface area contributed by atoms with E-state index in [9.17, 15) is 18.3 Å². The Bertz CT molecular complexity index is 788. The Morgan fingerprint density at radius 3 is 2.48 bits per heavy atom. The minimum Gasteiger partial charge on any atom is -0.477 e. The number of aromatic carboxylic acids is 1. The topological polar surface area (TPSA) is 74.7 Å². The van der Waals surface area contributed by atoms with Gasteiger partial charge in [0.25, 0.3) is 0 Å². The molecule has 2 aromatic rings. The first-order valence-corrected chi connectivity index (χ1v) is 9.02. The zero-order chi connectivity index (χ0) is 15.0. The van der Waals surface area contributed by atoms with Gasteiger partial charge in [0.1, 0.15) is 9.77 Å². The molecule has 0 saturated carbocycles. The van der Waals surface area contributed by atoms with Gasteiger partial charge < -0.3 is 5.11 Å². The number of hydrogen-bond acceptors (Lipinski definition) is 4. The molecule has 112 valence electrons. The monoisotopic (exact) mass is 325 g/mol. The summed E-state index contributed by atoms with van der Waals surface area (Å²) in [6.07, 6.45) is 2.66. The van der Waals surface area contributed by atoms with Crippen LogP contribution in [-0.4, -0.2) is 36.9 Å². The normalized spacial score (nSPS) is 17.1. The van der Waals surface area contributed by atoms with E-state index < -0.39 is 16.0 Å². The van der Waals surface area contributed by atoms with Gasteiger partial charge in [-0.25, -0.2) is 13.2 Å². The fourth-order valence-corrected chi connectivity index (χ4v) is 5.87. The fourth-order valence-electron chi connectivity index (χ4n) is 2.65. The number of benzene rings is 1. The number of fused-ring (bicyclic) bond motifs is 1. The number of hydrogen-bond donors (Lipinski definition) is 1. The van der Waals surface area contributed by atoms with Crippen molar-refractivity contribution in [2.24, 2.45) is 0 Å². The summed E-state index contributed by atoms with van der Waals surface area (Å²) >= 11 is 1.02. The lowest BCUT2D eigenvalue weighted by Crippen LogP contribution is -2.36. The summed E-state index contributed by atoms with van der Waals surface area (Å²) in [4.78, 5) is 11.3. The van der Waals surface area contributed by atoms with Crippen molar-refractivity contribution in [3.05, 3.63) is 29.1 Å². The average Bonchev–Trinajstić information content (AvgIpc) is 2.88. The maximum absolute atomic E-state index is 12.9. The third-order valence-corrected chi connectivity index (χ3v) is 6.93. The van der Waals surface area contributed by atoms with Gasteiger partial charge in [0.2, 0.25) is 10.0 Å². The van der Waals surface area contributed by atoms with Crippen LogP contribution in [-0.2, 0) is 10.0 Å². The Labute approximate surface area is 126 Å². The first-order chi connectivity index (χ1) is 10.0. The van der Waals surface area contributed by atoms with Crippen LogP contribution in [0.3, 0.4) is 0 Å². The molecule has 0 spiro atoms. The average molecular weight is 325 g/mol. The van der Waals surface area contributed by atoms with E-state index in [2.05, 4.69) is 0 Å². The van der Waals surface area contributed by atoms with Crippen molar-refractivity contribution < 1.29 is 18.3 Å². The number of carboxylic acids is 1. The maximum Gasteiger partial charge on any atom is 0.347 e. The SMILES string of the molecule is O=C(O)c1sc2ccccc2c1S(=O)(=O)N1CCCCC1.